The van der Waals surface area contributed by atoms with Gasteiger partial charge in [0.2, 0.25) is 0 Å². The van der Waals surface area contributed by atoms with E-state index in [1.807, 2.05) is 10.8 Å². The summed E-state index contributed by atoms with van der Waals surface area (Å²) >= 11 is 3.31. The number of halogens is 1. The first-order chi connectivity index (χ1) is 5.27. The third-order valence-electron chi connectivity index (χ3n) is 1.44. The zero-order chi connectivity index (χ0) is 8.27. The minimum Gasteiger partial charge on any atom is -0.377 e. The molecule has 0 aliphatic heterocycles. The van der Waals surface area contributed by atoms with Crippen molar-refractivity contribution in [2.45, 2.75) is 20.1 Å². The predicted molar refractivity (Wildman–Crippen MR) is 46.3 cm³/mol. The molecule has 0 saturated heterocycles. The van der Waals surface area contributed by atoms with E-state index in [0.29, 0.717) is 6.61 Å². The van der Waals surface area contributed by atoms with Crippen LogP contribution in [0.5, 0.6) is 0 Å². The van der Waals surface area contributed by atoms with Gasteiger partial charge in [-0.05, 0) is 22.9 Å². The van der Waals surface area contributed by atoms with Gasteiger partial charge >= 0.3 is 0 Å². The van der Waals surface area contributed by atoms with Crippen LogP contribution >= 0.6 is 15.9 Å². The maximum atomic E-state index is 4.98. The number of hydrogen-bond acceptors (Lipinski definition) is 2. The Morgan fingerprint density at radius 3 is 3.00 bits per heavy atom. The summed E-state index contributed by atoms with van der Waals surface area (Å²) in [4.78, 5) is 4.23. The SMILES string of the molecule is CCn1cc(Br)nc1COC. The Hall–Kier alpha value is -0.350. The van der Waals surface area contributed by atoms with Crippen molar-refractivity contribution in [2.75, 3.05) is 7.11 Å². The van der Waals surface area contributed by atoms with Crippen LogP contribution in [0.1, 0.15) is 12.7 Å². The maximum Gasteiger partial charge on any atom is 0.136 e. The molecule has 4 heteroatoms. The van der Waals surface area contributed by atoms with E-state index in [-0.39, 0.29) is 0 Å². The first kappa shape index (κ1) is 8.74. The quantitative estimate of drug-likeness (QED) is 0.775. The van der Waals surface area contributed by atoms with Crippen molar-refractivity contribution in [3.05, 3.63) is 16.6 Å². The molecule has 0 amide bonds. The molecule has 0 N–H and O–H groups in total. The molecule has 11 heavy (non-hydrogen) atoms. The lowest BCUT2D eigenvalue weighted by Crippen LogP contribution is -2.01. The van der Waals surface area contributed by atoms with E-state index >= 15 is 0 Å². The monoisotopic (exact) mass is 218 g/mol. The highest BCUT2D eigenvalue weighted by Crippen LogP contribution is 2.10. The van der Waals surface area contributed by atoms with Crippen molar-refractivity contribution in [1.29, 1.82) is 0 Å². The molecule has 0 aliphatic rings. The Bertz CT molecular complexity index is 234. The number of nitrogens with zero attached hydrogens (tertiary/aromatic N) is 2. The highest BCUT2D eigenvalue weighted by Gasteiger charge is 2.02. The Morgan fingerprint density at radius 1 is 1.73 bits per heavy atom. The van der Waals surface area contributed by atoms with Crippen LogP contribution in [0.25, 0.3) is 0 Å². The van der Waals surface area contributed by atoms with Crippen LogP contribution in [-0.2, 0) is 17.9 Å². The average molecular weight is 219 g/mol. The van der Waals surface area contributed by atoms with E-state index in [2.05, 4.69) is 27.8 Å². The summed E-state index contributed by atoms with van der Waals surface area (Å²) in [6.45, 7) is 3.57. The van der Waals surface area contributed by atoms with Gasteiger partial charge in [0.1, 0.15) is 17.0 Å². The summed E-state index contributed by atoms with van der Waals surface area (Å²) in [6, 6.07) is 0. The summed E-state index contributed by atoms with van der Waals surface area (Å²) in [5, 5.41) is 0. The summed E-state index contributed by atoms with van der Waals surface area (Å²) in [7, 11) is 1.67. The molecule has 0 unspecified atom stereocenters. The number of rotatable bonds is 3. The molecule has 0 fully saturated rings. The third kappa shape index (κ3) is 2.04. The van der Waals surface area contributed by atoms with Crippen molar-refractivity contribution < 1.29 is 4.74 Å². The number of hydrogen-bond donors (Lipinski definition) is 0. The van der Waals surface area contributed by atoms with Crippen LogP contribution in [0.15, 0.2) is 10.8 Å². The molecule has 62 valence electrons. The average Bonchev–Trinajstić information content (AvgIpc) is 2.32. The van der Waals surface area contributed by atoms with E-state index in [1.54, 1.807) is 7.11 Å². The van der Waals surface area contributed by atoms with Gasteiger partial charge in [0.15, 0.2) is 0 Å². The highest BCUT2D eigenvalue weighted by molar-refractivity contribution is 9.10. The van der Waals surface area contributed by atoms with E-state index in [0.717, 1.165) is 17.0 Å². The van der Waals surface area contributed by atoms with E-state index < -0.39 is 0 Å². The van der Waals surface area contributed by atoms with E-state index in [4.69, 9.17) is 4.74 Å². The van der Waals surface area contributed by atoms with Crippen molar-refractivity contribution >= 4 is 15.9 Å². The number of methoxy groups -OCH3 is 1. The zero-order valence-corrected chi connectivity index (χ0v) is 8.26. The molecule has 1 heterocycles. The number of imidazole rings is 1. The minimum atomic E-state index is 0.569. The predicted octanol–water partition coefficient (Wildman–Crippen LogP) is 1.81. The van der Waals surface area contributed by atoms with Gasteiger partial charge in [0.25, 0.3) is 0 Å². The molecule has 0 spiro atoms. The Labute approximate surface area is 74.5 Å². The highest BCUT2D eigenvalue weighted by atomic mass is 79.9. The first-order valence-corrected chi connectivity index (χ1v) is 4.27. The summed E-state index contributed by atoms with van der Waals surface area (Å²) < 4.78 is 7.90. The van der Waals surface area contributed by atoms with Crippen molar-refractivity contribution in [1.82, 2.24) is 9.55 Å². The van der Waals surface area contributed by atoms with Crippen molar-refractivity contribution in [2.24, 2.45) is 0 Å². The number of ether oxygens (including phenoxy) is 1. The molecule has 0 radical (unpaired) electrons. The lowest BCUT2D eigenvalue weighted by atomic mass is 10.6. The van der Waals surface area contributed by atoms with Gasteiger partial charge in [-0.3, -0.25) is 0 Å². The van der Waals surface area contributed by atoms with E-state index in [9.17, 15) is 0 Å². The van der Waals surface area contributed by atoms with Gasteiger partial charge in [0, 0.05) is 19.9 Å². The van der Waals surface area contributed by atoms with Gasteiger partial charge in [-0.2, -0.15) is 0 Å². The van der Waals surface area contributed by atoms with Crippen LogP contribution < -0.4 is 0 Å². The van der Waals surface area contributed by atoms with Gasteiger partial charge in [-0.1, -0.05) is 0 Å². The van der Waals surface area contributed by atoms with Crippen LogP contribution in [0, 0.1) is 0 Å². The summed E-state index contributed by atoms with van der Waals surface area (Å²) in [6.07, 6.45) is 1.95. The molecular formula is C7H11BrN2O. The fourth-order valence-corrected chi connectivity index (χ4v) is 1.39. The Balaban J connectivity index is 2.83. The second-order valence-corrected chi connectivity index (χ2v) is 3.01. The molecule has 0 bridgehead atoms. The normalized spacial score (nSPS) is 10.5. The molecule has 3 nitrogen and oxygen atoms in total. The number of aromatic nitrogens is 2. The zero-order valence-electron chi connectivity index (χ0n) is 6.67. The van der Waals surface area contributed by atoms with Crippen molar-refractivity contribution in [3.8, 4) is 0 Å². The third-order valence-corrected chi connectivity index (χ3v) is 1.83. The molecule has 1 aromatic heterocycles. The van der Waals surface area contributed by atoms with Gasteiger partial charge in [-0.15, -0.1) is 0 Å². The Morgan fingerprint density at radius 2 is 2.45 bits per heavy atom. The minimum absolute atomic E-state index is 0.569. The fourth-order valence-electron chi connectivity index (χ4n) is 0.938. The molecule has 1 aromatic rings. The first-order valence-electron chi connectivity index (χ1n) is 3.48. The van der Waals surface area contributed by atoms with Crippen LogP contribution in [0.4, 0.5) is 0 Å². The topological polar surface area (TPSA) is 27.1 Å². The molecule has 0 saturated carbocycles. The second kappa shape index (κ2) is 3.88. The van der Waals surface area contributed by atoms with E-state index in [1.165, 1.54) is 0 Å². The fraction of sp³-hybridized carbons (Fsp3) is 0.571. The van der Waals surface area contributed by atoms with Gasteiger partial charge in [0.05, 0.1) is 0 Å². The summed E-state index contributed by atoms with van der Waals surface area (Å²) in [5.41, 5.74) is 0. The second-order valence-electron chi connectivity index (χ2n) is 2.20. The Kier molecular flexibility index (Phi) is 3.08. The molecular weight excluding hydrogens is 208 g/mol. The smallest absolute Gasteiger partial charge is 0.136 e. The van der Waals surface area contributed by atoms with Crippen LogP contribution in [-0.4, -0.2) is 16.7 Å². The van der Waals surface area contributed by atoms with Gasteiger partial charge < -0.3 is 9.30 Å². The largest absolute Gasteiger partial charge is 0.377 e. The molecule has 0 atom stereocenters. The van der Waals surface area contributed by atoms with Crippen LogP contribution in [0.2, 0.25) is 0 Å². The number of aryl methyl sites for hydroxylation is 1. The maximum absolute atomic E-state index is 4.98. The lowest BCUT2D eigenvalue weighted by Gasteiger charge is -2.01. The molecule has 0 aliphatic carbocycles. The van der Waals surface area contributed by atoms with Crippen LogP contribution in [0.3, 0.4) is 0 Å². The van der Waals surface area contributed by atoms with Gasteiger partial charge in [-0.25, -0.2) is 4.98 Å². The van der Waals surface area contributed by atoms with Crippen molar-refractivity contribution in [3.63, 3.8) is 0 Å². The lowest BCUT2D eigenvalue weighted by molar-refractivity contribution is 0.174. The molecule has 0 aromatic carbocycles. The molecule has 1 rings (SSSR count). The standard InChI is InChI=1S/C7H11BrN2O/c1-3-10-4-6(8)9-7(10)5-11-2/h4H,3,5H2,1-2H3. The summed E-state index contributed by atoms with van der Waals surface area (Å²) in [5.74, 6) is 0.960.